The summed E-state index contributed by atoms with van der Waals surface area (Å²) in [7, 11) is -3.60. The van der Waals surface area contributed by atoms with E-state index < -0.39 is 10.0 Å². The Morgan fingerprint density at radius 1 is 1.20 bits per heavy atom. The van der Waals surface area contributed by atoms with E-state index in [0.29, 0.717) is 16.6 Å². The molecule has 0 amide bonds. The van der Waals surface area contributed by atoms with Crippen molar-refractivity contribution in [2.24, 2.45) is 5.41 Å². The van der Waals surface area contributed by atoms with Crippen LogP contribution >= 0.6 is 39.1 Å². The highest BCUT2D eigenvalue weighted by molar-refractivity contribution is 9.09. The standard InChI is InChI=1S/C13H18BrCl2NO2S/c1-13(2,3)7-9(14)8-17-20(18,19)12-5-10(15)4-11(16)6-12/h4-6,9,17H,7-8H2,1-3H3. The molecule has 0 aliphatic heterocycles. The third-order valence-corrected chi connectivity index (χ3v) is 4.96. The average Bonchev–Trinajstić information content (AvgIpc) is 2.23. The Morgan fingerprint density at radius 2 is 1.70 bits per heavy atom. The molecule has 0 radical (unpaired) electrons. The molecule has 0 aliphatic rings. The SMILES string of the molecule is CC(C)(C)CC(Br)CNS(=O)(=O)c1cc(Cl)cc(Cl)c1. The van der Waals surface area contributed by atoms with Crippen LogP contribution in [0.3, 0.4) is 0 Å². The molecule has 0 fully saturated rings. The van der Waals surface area contributed by atoms with Crippen molar-refractivity contribution in [2.45, 2.75) is 36.9 Å². The van der Waals surface area contributed by atoms with Crippen LogP contribution in [-0.2, 0) is 10.0 Å². The molecule has 1 aromatic rings. The molecular formula is C13H18BrCl2NO2S. The van der Waals surface area contributed by atoms with E-state index in [0.717, 1.165) is 6.42 Å². The minimum Gasteiger partial charge on any atom is -0.210 e. The molecule has 0 aromatic heterocycles. The molecule has 0 aliphatic carbocycles. The quantitative estimate of drug-likeness (QED) is 0.738. The molecule has 1 rings (SSSR count). The second-order valence-corrected chi connectivity index (χ2v) is 9.75. The minimum absolute atomic E-state index is 0.0620. The van der Waals surface area contributed by atoms with Crippen LogP contribution in [0.4, 0.5) is 0 Å². The van der Waals surface area contributed by atoms with Crippen LogP contribution in [-0.4, -0.2) is 19.8 Å². The van der Waals surface area contributed by atoms with Gasteiger partial charge in [-0.1, -0.05) is 59.9 Å². The molecule has 0 heterocycles. The summed E-state index contributed by atoms with van der Waals surface area (Å²) < 4.78 is 26.9. The van der Waals surface area contributed by atoms with Crippen molar-refractivity contribution >= 4 is 49.2 Å². The molecule has 1 unspecified atom stereocenters. The van der Waals surface area contributed by atoms with Gasteiger partial charge >= 0.3 is 0 Å². The number of alkyl halides is 1. The van der Waals surface area contributed by atoms with Crippen molar-refractivity contribution in [1.29, 1.82) is 0 Å². The number of rotatable bonds is 5. The fourth-order valence-corrected chi connectivity index (χ4v) is 4.86. The van der Waals surface area contributed by atoms with Crippen LogP contribution in [0, 0.1) is 5.41 Å². The van der Waals surface area contributed by atoms with Gasteiger partial charge in [0.2, 0.25) is 10.0 Å². The number of halogens is 3. The monoisotopic (exact) mass is 401 g/mol. The van der Waals surface area contributed by atoms with E-state index >= 15 is 0 Å². The molecule has 0 saturated heterocycles. The van der Waals surface area contributed by atoms with Crippen molar-refractivity contribution < 1.29 is 8.42 Å². The molecule has 20 heavy (non-hydrogen) atoms. The Kier molecular flexibility index (Phi) is 6.35. The number of benzene rings is 1. The summed E-state index contributed by atoms with van der Waals surface area (Å²) in [6.07, 6.45) is 0.853. The zero-order valence-electron chi connectivity index (χ0n) is 11.6. The molecule has 7 heteroatoms. The number of nitrogens with one attached hydrogen (secondary N) is 1. The van der Waals surface area contributed by atoms with E-state index in [-0.39, 0.29) is 15.1 Å². The Morgan fingerprint density at radius 3 is 2.15 bits per heavy atom. The molecule has 1 N–H and O–H groups in total. The van der Waals surface area contributed by atoms with Crippen LogP contribution in [0.1, 0.15) is 27.2 Å². The van der Waals surface area contributed by atoms with Gasteiger partial charge in [0.1, 0.15) is 0 Å². The predicted molar refractivity (Wildman–Crippen MR) is 88.4 cm³/mol. The third-order valence-electron chi connectivity index (χ3n) is 2.48. The van der Waals surface area contributed by atoms with E-state index in [1.54, 1.807) is 0 Å². The van der Waals surface area contributed by atoms with Gasteiger partial charge < -0.3 is 0 Å². The maximum atomic E-state index is 12.2. The lowest BCUT2D eigenvalue weighted by Crippen LogP contribution is -2.31. The first-order valence-electron chi connectivity index (χ1n) is 6.09. The molecule has 1 aromatic carbocycles. The van der Waals surface area contributed by atoms with Gasteiger partial charge in [0.25, 0.3) is 0 Å². The van der Waals surface area contributed by atoms with Gasteiger partial charge in [0.05, 0.1) is 4.90 Å². The predicted octanol–water partition coefficient (Wildman–Crippen LogP) is 4.47. The fourth-order valence-electron chi connectivity index (χ4n) is 1.70. The number of sulfonamides is 1. The normalized spacial score (nSPS) is 14.3. The van der Waals surface area contributed by atoms with Gasteiger partial charge in [-0.25, -0.2) is 13.1 Å². The Bertz CT molecular complexity index is 550. The summed E-state index contributed by atoms with van der Waals surface area (Å²) in [6, 6.07) is 4.25. The zero-order valence-corrected chi connectivity index (χ0v) is 15.5. The largest absolute Gasteiger partial charge is 0.240 e. The molecule has 114 valence electrons. The average molecular weight is 403 g/mol. The van der Waals surface area contributed by atoms with E-state index in [2.05, 4.69) is 41.4 Å². The summed E-state index contributed by atoms with van der Waals surface area (Å²) in [5.74, 6) is 0. The highest BCUT2D eigenvalue weighted by atomic mass is 79.9. The van der Waals surface area contributed by atoms with Crippen molar-refractivity contribution in [3.8, 4) is 0 Å². The van der Waals surface area contributed by atoms with E-state index in [1.165, 1.54) is 18.2 Å². The smallest absolute Gasteiger partial charge is 0.210 e. The fraction of sp³-hybridized carbons (Fsp3) is 0.538. The van der Waals surface area contributed by atoms with E-state index in [1.807, 2.05) is 0 Å². The van der Waals surface area contributed by atoms with E-state index in [4.69, 9.17) is 23.2 Å². The van der Waals surface area contributed by atoms with Crippen LogP contribution in [0.5, 0.6) is 0 Å². The Labute approximate surface area is 139 Å². The zero-order chi connectivity index (χ0) is 15.6. The molecular weight excluding hydrogens is 385 g/mol. The first-order chi connectivity index (χ1) is 8.99. The molecule has 3 nitrogen and oxygen atoms in total. The van der Waals surface area contributed by atoms with Crippen LogP contribution < -0.4 is 4.72 Å². The lowest BCUT2D eigenvalue weighted by Gasteiger charge is -2.22. The maximum Gasteiger partial charge on any atom is 0.240 e. The van der Waals surface area contributed by atoms with Crippen molar-refractivity contribution in [3.63, 3.8) is 0 Å². The molecule has 0 saturated carbocycles. The Hall–Kier alpha value is 0.190. The number of hydrogen-bond donors (Lipinski definition) is 1. The summed E-state index contributed by atoms with van der Waals surface area (Å²) in [5.41, 5.74) is 0.124. The highest BCUT2D eigenvalue weighted by Crippen LogP contribution is 2.25. The van der Waals surface area contributed by atoms with Crippen LogP contribution in [0.25, 0.3) is 0 Å². The van der Waals surface area contributed by atoms with Gasteiger partial charge in [-0.3, -0.25) is 0 Å². The van der Waals surface area contributed by atoms with E-state index in [9.17, 15) is 8.42 Å². The second-order valence-electron chi connectivity index (χ2n) is 5.82. The maximum absolute atomic E-state index is 12.2. The molecule has 1 atom stereocenters. The second kappa shape index (κ2) is 6.97. The first-order valence-corrected chi connectivity index (χ1v) is 9.25. The molecule has 0 bridgehead atoms. The molecule has 0 spiro atoms. The summed E-state index contributed by atoms with van der Waals surface area (Å²) in [4.78, 5) is 0.136. The minimum atomic E-state index is -3.60. The summed E-state index contributed by atoms with van der Waals surface area (Å²) in [5, 5.41) is 0.589. The lowest BCUT2D eigenvalue weighted by molar-refractivity contribution is 0.373. The van der Waals surface area contributed by atoms with Gasteiger partial charge in [0.15, 0.2) is 0 Å². The third kappa shape index (κ3) is 6.31. The van der Waals surface area contributed by atoms with Crippen LogP contribution in [0.2, 0.25) is 10.0 Å². The summed E-state index contributed by atoms with van der Waals surface area (Å²) in [6.45, 7) is 6.62. The first kappa shape index (κ1) is 18.2. The topological polar surface area (TPSA) is 46.2 Å². The number of hydrogen-bond acceptors (Lipinski definition) is 2. The Balaban J connectivity index is 2.75. The van der Waals surface area contributed by atoms with Crippen molar-refractivity contribution in [2.75, 3.05) is 6.54 Å². The highest BCUT2D eigenvalue weighted by Gasteiger charge is 2.20. The van der Waals surface area contributed by atoms with Crippen molar-refractivity contribution in [3.05, 3.63) is 28.2 Å². The van der Waals surface area contributed by atoms with Gasteiger partial charge in [0, 0.05) is 21.4 Å². The van der Waals surface area contributed by atoms with Crippen molar-refractivity contribution in [1.82, 2.24) is 4.72 Å². The van der Waals surface area contributed by atoms with Gasteiger partial charge in [-0.05, 0) is 30.0 Å². The lowest BCUT2D eigenvalue weighted by atomic mass is 9.91. The van der Waals surface area contributed by atoms with Crippen LogP contribution in [0.15, 0.2) is 23.1 Å². The summed E-state index contributed by atoms with van der Waals surface area (Å²) >= 11 is 15.1. The van der Waals surface area contributed by atoms with Gasteiger partial charge in [-0.15, -0.1) is 0 Å². The van der Waals surface area contributed by atoms with Gasteiger partial charge in [-0.2, -0.15) is 0 Å².